The predicted octanol–water partition coefficient (Wildman–Crippen LogP) is 3.37. The lowest BCUT2D eigenvalue weighted by molar-refractivity contribution is 0.982. The summed E-state index contributed by atoms with van der Waals surface area (Å²) in [6.07, 6.45) is 6.52. The number of hydrogen-bond acceptors (Lipinski definition) is 2. The molecule has 74 valence electrons. The maximum Gasteiger partial charge on any atom is 0.0888 e. The van der Waals surface area contributed by atoms with Crippen molar-refractivity contribution in [1.29, 1.82) is 0 Å². The van der Waals surface area contributed by atoms with E-state index in [-0.39, 0.29) is 0 Å². The molecule has 15 heavy (non-hydrogen) atoms. The Labute approximate surface area is 89.0 Å². The van der Waals surface area contributed by atoms with Crippen LogP contribution in [0, 0.1) is 0 Å². The summed E-state index contributed by atoms with van der Waals surface area (Å²) in [6, 6.07) is 8.59. The number of rotatable bonds is 0. The lowest BCUT2D eigenvalue weighted by Gasteiger charge is -2.11. The van der Waals surface area contributed by atoms with E-state index in [1.165, 1.54) is 16.7 Å². The monoisotopic (exact) mass is 196 g/mol. The van der Waals surface area contributed by atoms with Gasteiger partial charge in [0.2, 0.25) is 0 Å². The summed E-state index contributed by atoms with van der Waals surface area (Å²) in [7, 11) is 0. The molecular formula is C13H12N2. The maximum atomic E-state index is 4.23. The average Bonchev–Trinajstić information content (AvgIpc) is 2.48. The van der Waals surface area contributed by atoms with E-state index in [2.05, 4.69) is 46.6 Å². The van der Waals surface area contributed by atoms with Crippen molar-refractivity contribution in [2.75, 3.05) is 6.54 Å². The zero-order valence-corrected chi connectivity index (χ0v) is 8.48. The van der Waals surface area contributed by atoms with Gasteiger partial charge in [0.05, 0.1) is 12.2 Å². The van der Waals surface area contributed by atoms with Crippen molar-refractivity contribution in [3.63, 3.8) is 0 Å². The van der Waals surface area contributed by atoms with Gasteiger partial charge >= 0.3 is 0 Å². The van der Waals surface area contributed by atoms with Gasteiger partial charge < -0.3 is 0 Å². The Morgan fingerprint density at radius 1 is 1.07 bits per heavy atom. The van der Waals surface area contributed by atoms with Gasteiger partial charge in [0.15, 0.2) is 0 Å². The van der Waals surface area contributed by atoms with Gasteiger partial charge in [0, 0.05) is 5.57 Å². The lowest BCUT2D eigenvalue weighted by atomic mass is 9.97. The Morgan fingerprint density at radius 2 is 2.00 bits per heavy atom. The Kier molecular flexibility index (Phi) is 1.98. The molecule has 0 unspecified atom stereocenters. The summed E-state index contributed by atoms with van der Waals surface area (Å²) < 4.78 is 0. The van der Waals surface area contributed by atoms with Crippen LogP contribution >= 0.6 is 0 Å². The van der Waals surface area contributed by atoms with Crippen LogP contribution in [0.4, 0.5) is 0 Å². The molecule has 0 bridgehead atoms. The molecule has 0 atom stereocenters. The van der Waals surface area contributed by atoms with Crippen molar-refractivity contribution in [3.8, 4) is 0 Å². The second kappa shape index (κ2) is 3.46. The van der Waals surface area contributed by atoms with Gasteiger partial charge in [-0.2, -0.15) is 10.2 Å². The summed E-state index contributed by atoms with van der Waals surface area (Å²) in [5, 5.41) is 8.28. The van der Waals surface area contributed by atoms with Crippen molar-refractivity contribution in [2.45, 2.75) is 12.8 Å². The van der Waals surface area contributed by atoms with Crippen molar-refractivity contribution in [1.82, 2.24) is 0 Å². The second-order valence-corrected chi connectivity index (χ2v) is 3.83. The number of allylic oxidation sites excluding steroid dienone is 2. The largest absolute Gasteiger partial charge is 0.184 e. The smallest absolute Gasteiger partial charge is 0.0888 e. The zero-order valence-electron chi connectivity index (χ0n) is 8.48. The molecule has 1 aromatic rings. The Balaban J connectivity index is 2.19. The minimum atomic E-state index is 0.709. The van der Waals surface area contributed by atoms with E-state index in [1.807, 2.05) is 0 Å². The van der Waals surface area contributed by atoms with Crippen LogP contribution < -0.4 is 0 Å². The Bertz CT molecular complexity index is 481. The van der Waals surface area contributed by atoms with Gasteiger partial charge in [0.25, 0.3) is 0 Å². The molecule has 0 amide bonds. The van der Waals surface area contributed by atoms with Gasteiger partial charge in [-0.3, -0.25) is 0 Å². The van der Waals surface area contributed by atoms with E-state index in [0.29, 0.717) is 6.54 Å². The van der Waals surface area contributed by atoms with Crippen LogP contribution in [0.1, 0.15) is 17.5 Å². The lowest BCUT2D eigenvalue weighted by Crippen LogP contribution is -1.95. The van der Waals surface area contributed by atoms with E-state index in [0.717, 1.165) is 18.5 Å². The third-order valence-electron chi connectivity index (χ3n) is 2.89. The SMILES string of the molecule is C1=C2N=NCC=C2c2ccccc2CC1. The summed E-state index contributed by atoms with van der Waals surface area (Å²) >= 11 is 0. The summed E-state index contributed by atoms with van der Waals surface area (Å²) in [5.41, 5.74) is 5.07. The molecule has 0 saturated heterocycles. The first-order valence-corrected chi connectivity index (χ1v) is 5.31. The highest BCUT2D eigenvalue weighted by molar-refractivity contribution is 5.81. The normalized spacial score (nSPS) is 18.4. The predicted molar refractivity (Wildman–Crippen MR) is 60.5 cm³/mol. The third-order valence-corrected chi connectivity index (χ3v) is 2.89. The number of hydrogen-bond donors (Lipinski definition) is 0. The van der Waals surface area contributed by atoms with E-state index in [1.54, 1.807) is 0 Å². The highest BCUT2D eigenvalue weighted by Gasteiger charge is 2.16. The molecule has 0 radical (unpaired) electrons. The highest BCUT2D eigenvalue weighted by atomic mass is 15.1. The number of aryl methyl sites for hydroxylation is 1. The van der Waals surface area contributed by atoms with Crippen LogP contribution in [0.25, 0.3) is 5.57 Å². The molecule has 1 aromatic carbocycles. The number of azo groups is 1. The van der Waals surface area contributed by atoms with Crippen LogP contribution in [-0.4, -0.2) is 6.54 Å². The highest BCUT2D eigenvalue weighted by Crippen LogP contribution is 2.32. The molecule has 1 heterocycles. The van der Waals surface area contributed by atoms with Gasteiger partial charge in [0.1, 0.15) is 0 Å². The summed E-state index contributed by atoms with van der Waals surface area (Å²) in [6.45, 7) is 0.709. The maximum absolute atomic E-state index is 4.23. The van der Waals surface area contributed by atoms with Crippen molar-refractivity contribution in [2.24, 2.45) is 10.2 Å². The molecule has 1 aliphatic heterocycles. The molecule has 0 N–H and O–H groups in total. The van der Waals surface area contributed by atoms with Crippen molar-refractivity contribution in [3.05, 3.63) is 53.2 Å². The molecule has 2 heteroatoms. The van der Waals surface area contributed by atoms with E-state index >= 15 is 0 Å². The van der Waals surface area contributed by atoms with Gasteiger partial charge in [-0.05, 0) is 24.0 Å². The minimum absolute atomic E-state index is 0.709. The molecule has 3 rings (SSSR count). The standard InChI is InChI=1S/C13H12N2/c1-2-6-11-10(4-1)5-3-7-13-12(11)8-9-14-15-13/h1-2,4,6-8H,3,5,9H2. The van der Waals surface area contributed by atoms with Crippen LogP contribution in [0.2, 0.25) is 0 Å². The fourth-order valence-corrected chi connectivity index (χ4v) is 2.17. The molecule has 1 aliphatic carbocycles. The molecule has 0 fully saturated rings. The molecule has 0 spiro atoms. The fourth-order valence-electron chi connectivity index (χ4n) is 2.17. The third kappa shape index (κ3) is 1.42. The van der Waals surface area contributed by atoms with Crippen molar-refractivity contribution >= 4 is 5.57 Å². The molecule has 2 aliphatic rings. The zero-order chi connectivity index (χ0) is 10.1. The van der Waals surface area contributed by atoms with Crippen LogP contribution in [0.3, 0.4) is 0 Å². The second-order valence-electron chi connectivity index (χ2n) is 3.83. The summed E-state index contributed by atoms with van der Waals surface area (Å²) in [5.74, 6) is 0. The first-order valence-electron chi connectivity index (χ1n) is 5.31. The first kappa shape index (κ1) is 8.60. The quantitative estimate of drug-likeness (QED) is 0.607. The Hall–Kier alpha value is -1.70. The van der Waals surface area contributed by atoms with Crippen molar-refractivity contribution < 1.29 is 0 Å². The average molecular weight is 196 g/mol. The van der Waals surface area contributed by atoms with E-state index in [4.69, 9.17) is 0 Å². The number of fused-ring (bicyclic) bond motifs is 3. The van der Waals surface area contributed by atoms with Crippen LogP contribution in [-0.2, 0) is 6.42 Å². The topological polar surface area (TPSA) is 24.7 Å². The number of benzene rings is 1. The van der Waals surface area contributed by atoms with Gasteiger partial charge in [-0.15, -0.1) is 0 Å². The summed E-state index contributed by atoms with van der Waals surface area (Å²) in [4.78, 5) is 0. The van der Waals surface area contributed by atoms with Gasteiger partial charge in [-0.1, -0.05) is 36.4 Å². The van der Waals surface area contributed by atoms with Crippen LogP contribution in [0.5, 0.6) is 0 Å². The first-order chi connectivity index (χ1) is 7.45. The van der Waals surface area contributed by atoms with E-state index in [9.17, 15) is 0 Å². The Morgan fingerprint density at radius 3 is 3.00 bits per heavy atom. The molecule has 0 aromatic heterocycles. The van der Waals surface area contributed by atoms with Crippen LogP contribution in [0.15, 0.2) is 52.3 Å². The number of nitrogens with zero attached hydrogens (tertiary/aromatic N) is 2. The minimum Gasteiger partial charge on any atom is -0.184 e. The molecule has 0 saturated carbocycles. The van der Waals surface area contributed by atoms with Gasteiger partial charge in [-0.25, -0.2) is 0 Å². The van der Waals surface area contributed by atoms with E-state index < -0.39 is 0 Å². The molecule has 2 nitrogen and oxygen atoms in total. The molecular weight excluding hydrogens is 184 g/mol. The fraction of sp³-hybridized carbons (Fsp3) is 0.231.